The minimum Gasteiger partial charge on any atom is -0.444 e. The van der Waals surface area contributed by atoms with Gasteiger partial charge < -0.3 is 14.7 Å². The second-order valence-electron chi connectivity index (χ2n) is 9.70. The van der Waals surface area contributed by atoms with Crippen LogP contribution >= 0.6 is 11.3 Å². The smallest absolute Gasteiger partial charge is 0.278 e. The van der Waals surface area contributed by atoms with Crippen LogP contribution < -0.4 is 10.2 Å². The third-order valence-corrected chi connectivity index (χ3v) is 6.62. The number of aromatic amines is 1. The molecule has 0 aliphatic carbocycles. The molecule has 9 heteroatoms. The van der Waals surface area contributed by atoms with Gasteiger partial charge in [0.2, 0.25) is 5.91 Å². The topological polar surface area (TPSA) is 104 Å². The molecule has 0 saturated carbocycles. The Morgan fingerprint density at radius 1 is 1.16 bits per heavy atom. The Morgan fingerprint density at radius 3 is 2.58 bits per heavy atom. The third kappa shape index (κ3) is 4.94. The first-order valence-electron chi connectivity index (χ1n) is 11.9. The lowest BCUT2D eigenvalue weighted by atomic mass is 9.99. The lowest BCUT2D eigenvalue weighted by Gasteiger charge is -2.33. The van der Waals surface area contributed by atoms with Crippen LogP contribution in [0.25, 0.3) is 22.2 Å². The fourth-order valence-corrected chi connectivity index (χ4v) is 4.84. The average Bonchev–Trinajstić information content (AvgIpc) is 3.67. The molecule has 8 nitrogen and oxygen atoms in total. The molecular weight excluding hydrogens is 498 g/mol. The van der Waals surface area contributed by atoms with Crippen molar-refractivity contribution >= 4 is 39.7 Å². The molecule has 3 heterocycles. The minimum atomic E-state index is -1.01. The molecule has 3 aromatic heterocycles. The SMILES string of the molecule is C#Cc1nc(C(=O)N(c2ccc(-c3cnco3)cc2)C(C(=O)NC(C)(C)C)c2c[nH]c3ccccc23)cs1. The van der Waals surface area contributed by atoms with Gasteiger partial charge >= 0.3 is 0 Å². The van der Waals surface area contributed by atoms with Crippen molar-refractivity contribution in [3.8, 4) is 23.7 Å². The van der Waals surface area contributed by atoms with Gasteiger partial charge in [-0.3, -0.25) is 14.5 Å². The van der Waals surface area contributed by atoms with Crippen LogP contribution in [0.2, 0.25) is 0 Å². The summed E-state index contributed by atoms with van der Waals surface area (Å²) in [5, 5.41) is 5.89. The molecule has 2 amide bonds. The van der Waals surface area contributed by atoms with Crippen LogP contribution in [0.1, 0.15) is 47.9 Å². The number of carbonyl (C=O) groups is 2. The molecule has 0 saturated heterocycles. The summed E-state index contributed by atoms with van der Waals surface area (Å²) in [6.45, 7) is 5.69. The number of aromatic nitrogens is 3. The van der Waals surface area contributed by atoms with Crippen molar-refractivity contribution in [1.29, 1.82) is 0 Å². The Bertz CT molecular complexity index is 1640. The van der Waals surface area contributed by atoms with Crippen molar-refractivity contribution < 1.29 is 14.0 Å². The van der Waals surface area contributed by atoms with E-state index < -0.39 is 17.5 Å². The molecule has 0 aliphatic rings. The summed E-state index contributed by atoms with van der Waals surface area (Å²) >= 11 is 1.20. The molecule has 2 aromatic carbocycles. The van der Waals surface area contributed by atoms with Crippen LogP contribution in [0, 0.1) is 12.3 Å². The highest BCUT2D eigenvalue weighted by molar-refractivity contribution is 7.10. The molecular formula is C29H25N5O3S. The average molecular weight is 524 g/mol. The number of hydrogen-bond donors (Lipinski definition) is 2. The molecule has 0 fully saturated rings. The molecule has 0 radical (unpaired) electrons. The lowest BCUT2D eigenvalue weighted by molar-refractivity contribution is -0.123. The van der Waals surface area contributed by atoms with E-state index in [9.17, 15) is 9.59 Å². The van der Waals surface area contributed by atoms with E-state index in [1.54, 1.807) is 29.9 Å². The van der Waals surface area contributed by atoms with E-state index in [4.69, 9.17) is 10.8 Å². The number of fused-ring (bicyclic) bond motifs is 1. The van der Waals surface area contributed by atoms with Crippen LogP contribution in [-0.2, 0) is 4.79 Å². The van der Waals surface area contributed by atoms with E-state index >= 15 is 0 Å². The molecule has 0 aliphatic heterocycles. The van der Waals surface area contributed by atoms with Crippen molar-refractivity contribution in [2.75, 3.05) is 4.90 Å². The van der Waals surface area contributed by atoms with Crippen molar-refractivity contribution in [3.05, 3.63) is 89.0 Å². The molecule has 5 aromatic rings. The number of anilines is 1. The van der Waals surface area contributed by atoms with E-state index in [2.05, 4.69) is 26.2 Å². The highest BCUT2D eigenvalue weighted by Gasteiger charge is 2.37. The maximum atomic E-state index is 14.1. The number of thiazole rings is 1. The number of nitrogens with zero attached hydrogens (tertiary/aromatic N) is 3. The zero-order valence-corrected chi connectivity index (χ0v) is 21.9. The van der Waals surface area contributed by atoms with Gasteiger partial charge in [-0.25, -0.2) is 9.97 Å². The van der Waals surface area contributed by atoms with Gasteiger partial charge in [-0.1, -0.05) is 18.2 Å². The fraction of sp³-hybridized carbons (Fsp3) is 0.172. The predicted molar refractivity (Wildman–Crippen MR) is 148 cm³/mol. The van der Waals surface area contributed by atoms with Gasteiger partial charge in [0.15, 0.2) is 17.2 Å². The monoisotopic (exact) mass is 523 g/mol. The molecule has 190 valence electrons. The first kappa shape index (κ1) is 25.0. The first-order chi connectivity index (χ1) is 18.2. The van der Waals surface area contributed by atoms with Gasteiger partial charge in [0, 0.05) is 44.8 Å². The number of amides is 2. The summed E-state index contributed by atoms with van der Waals surface area (Å²) in [5.41, 5.74) is 2.42. The second kappa shape index (κ2) is 10.00. The van der Waals surface area contributed by atoms with Crippen LogP contribution in [0.3, 0.4) is 0 Å². The molecule has 0 spiro atoms. The number of oxazole rings is 1. The highest BCUT2D eigenvalue weighted by Crippen LogP contribution is 2.35. The lowest BCUT2D eigenvalue weighted by Crippen LogP contribution is -2.49. The van der Waals surface area contributed by atoms with Gasteiger partial charge in [0.25, 0.3) is 5.91 Å². The van der Waals surface area contributed by atoms with Gasteiger partial charge in [-0.15, -0.1) is 17.8 Å². The highest BCUT2D eigenvalue weighted by atomic mass is 32.1. The van der Waals surface area contributed by atoms with E-state index in [0.29, 0.717) is 22.0 Å². The van der Waals surface area contributed by atoms with E-state index in [1.165, 1.54) is 22.6 Å². The number of hydrogen-bond acceptors (Lipinski definition) is 6. The summed E-state index contributed by atoms with van der Waals surface area (Å²) in [5.74, 6) is 2.28. The molecule has 5 rings (SSSR count). The number of terminal acetylenes is 1. The van der Waals surface area contributed by atoms with Gasteiger partial charge in [0.05, 0.1) is 6.20 Å². The Kier molecular flexibility index (Phi) is 6.57. The number of rotatable bonds is 6. The molecule has 0 bridgehead atoms. The van der Waals surface area contributed by atoms with Crippen LogP contribution in [0.15, 0.2) is 77.1 Å². The Morgan fingerprint density at radius 2 is 1.92 bits per heavy atom. The Hall–Kier alpha value is -4.68. The number of nitrogens with one attached hydrogen (secondary N) is 2. The predicted octanol–water partition coefficient (Wildman–Crippen LogP) is 5.56. The number of carbonyl (C=O) groups excluding carboxylic acids is 2. The summed E-state index contributed by atoms with van der Waals surface area (Å²) in [6.07, 6.45) is 10.3. The van der Waals surface area contributed by atoms with Gasteiger partial charge in [-0.05, 0) is 57.0 Å². The molecule has 1 atom stereocenters. The quantitative estimate of drug-likeness (QED) is 0.284. The van der Waals surface area contributed by atoms with Crippen molar-refractivity contribution in [1.82, 2.24) is 20.3 Å². The standard InChI is InChI=1S/C29H25N5O3S/c1-5-25-32-23(16-38-25)28(36)34(19-12-10-18(11-13-19)24-15-30-17-37-24)26(27(35)33-29(2,3)4)21-14-31-22-9-7-6-8-20(21)22/h1,6-17,26,31H,2-4H3,(H,33,35). The van der Waals surface area contributed by atoms with Crippen LogP contribution in [-0.4, -0.2) is 32.3 Å². The maximum absolute atomic E-state index is 14.1. The van der Waals surface area contributed by atoms with Gasteiger partial charge in [-0.2, -0.15) is 0 Å². The summed E-state index contributed by atoms with van der Waals surface area (Å²) in [4.78, 5) is 41.1. The summed E-state index contributed by atoms with van der Waals surface area (Å²) in [6, 6.07) is 13.8. The first-order valence-corrected chi connectivity index (χ1v) is 12.8. The number of H-pyrrole nitrogens is 1. The molecule has 2 N–H and O–H groups in total. The Balaban J connectivity index is 1.69. The summed E-state index contributed by atoms with van der Waals surface area (Å²) in [7, 11) is 0. The number of para-hydroxylation sites is 1. The van der Waals surface area contributed by atoms with Crippen LogP contribution in [0.5, 0.6) is 0 Å². The maximum Gasteiger partial charge on any atom is 0.278 e. The van der Waals surface area contributed by atoms with Crippen molar-refractivity contribution in [2.45, 2.75) is 32.4 Å². The van der Waals surface area contributed by atoms with Crippen LogP contribution in [0.4, 0.5) is 5.69 Å². The van der Waals surface area contributed by atoms with E-state index in [0.717, 1.165) is 16.5 Å². The molecule has 38 heavy (non-hydrogen) atoms. The number of benzene rings is 2. The molecule has 1 unspecified atom stereocenters. The zero-order chi connectivity index (χ0) is 26.9. The van der Waals surface area contributed by atoms with Gasteiger partial charge in [0.1, 0.15) is 11.7 Å². The zero-order valence-electron chi connectivity index (χ0n) is 21.1. The van der Waals surface area contributed by atoms with Crippen molar-refractivity contribution in [3.63, 3.8) is 0 Å². The fourth-order valence-electron chi connectivity index (χ4n) is 4.25. The minimum absolute atomic E-state index is 0.163. The largest absolute Gasteiger partial charge is 0.444 e. The van der Waals surface area contributed by atoms with E-state index in [1.807, 2.05) is 57.2 Å². The Labute approximate surface area is 223 Å². The third-order valence-electron chi connectivity index (χ3n) is 5.85. The van der Waals surface area contributed by atoms with E-state index in [-0.39, 0.29) is 11.6 Å². The summed E-state index contributed by atoms with van der Waals surface area (Å²) < 4.78 is 5.41. The van der Waals surface area contributed by atoms with Crippen molar-refractivity contribution in [2.24, 2.45) is 0 Å². The second-order valence-corrected chi connectivity index (χ2v) is 10.6. The normalized spacial score (nSPS) is 12.2.